The predicted octanol–water partition coefficient (Wildman–Crippen LogP) is 2.60. The molecular formula is C37H48O14. The zero-order chi connectivity index (χ0) is 37.2. The lowest BCUT2D eigenvalue weighted by atomic mass is 9.33. The summed E-state index contributed by atoms with van der Waals surface area (Å²) < 4.78 is 42.2. The van der Waals surface area contributed by atoms with Crippen molar-refractivity contribution in [1.82, 2.24) is 0 Å². The lowest BCUT2D eigenvalue weighted by molar-refractivity contribution is -0.391. The van der Waals surface area contributed by atoms with Crippen LogP contribution in [0, 0.1) is 39.4 Å². The molecule has 51 heavy (non-hydrogen) atoms. The number of ketones is 1. The Labute approximate surface area is 295 Å². The van der Waals surface area contributed by atoms with Crippen LogP contribution in [0.1, 0.15) is 86.1 Å². The molecule has 14 nitrogen and oxygen atoms in total. The summed E-state index contributed by atoms with van der Waals surface area (Å²) in [5, 5.41) is 25.3. The highest BCUT2D eigenvalue weighted by molar-refractivity contribution is 5.93. The molecule has 16 atom stereocenters. The first kappa shape index (κ1) is 36.0. The lowest BCUT2D eigenvalue weighted by Gasteiger charge is -2.73. The molecule has 1 aromatic heterocycles. The monoisotopic (exact) mass is 716 g/mol. The first-order chi connectivity index (χ1) is 23.9. The highest BCUT2D eigenvalue weighted by atomic mass is 16.7. The molecule has 1 aromatic rings. The fourth-order valence-electron chi connectivity index (χ4n) is 11.9. The van der Waals surface area contributed by atoms with Crippen LogP contribution in [0.3, 0.4) is 0 Å². The third-order valence-electron chi connectivity index (χ3n) is 14.1. The second-order valence-electron chi connectivity index (χ2n) is 16.3. The van der Waals surface area contributed by atoms with Crippen LogP contribution < -0.4 is 0 Å². The van der Waals surface area contributed by atoms with E-state index in [1.807, 2.05) is 13.8 Å². The smallest absolute Gasteiger partial charge is 0.310 e. The minimum absolute atomic E-state index is 0.0539. The van der Waals surface area contributed by atoms with Crippen LogP contribution in [0.2, 0.25) is 0 Å². The molecule has 0 radical (unpaired) electrons. The molecule has 14 heteroatoms. The number of furan rings is 1. The van der Waals surface area contributed by atoms with Crippen molar-refractivity contribution in [3.8, 4) is 0 Å². The third-order valence-corrected chi connectivity index (χ3v) is 14.1. The Morgan fingerprint density at radius 3 is 2.22 bits per heavy atom. The molecule has 0 amide bonds. The van der Waals surface area contributed by atoms with E-state index in [0.29, 0.717) is 12.8 Å². The Hall–Kier alpha value is -3.33. The molecule has 4 saturated carbocycles. The Morgan fingerprint density at radius 2 is 1.63 bits per heavy atom. The van der Waals surface area contributed by atoms with Crippen LogP contribution in [0.15, 0.2) is 23.0 Å². The Morgan fingerprint density at radius 1 is 0.961 bits per heavy atom. The topological polar surface area (TPSA) is 198 Å². The van der Waals surface area contributed by atoms with E-state index in [1.165, 1.54) is 13.2 Å². The van der Waals surface area contributed by atoms with Gasteiger partial charge in [0.2, 0.25) is 6.29 Å². The summed E-state index contributed by atoms with van der Waals surface area (Å²) in [6.07, 6.45) is -5.17. The molecular weight excluding hydrogens is 668 g/mol. The number of ether oxygens (including phenoxy) is 6. The number of aliphatic hydroxyl groups is 2. The van der Waals surface area contributed by atoms with Gasteiger partial charge >= 0.3 is 23.9 Å². The molecule has 4 aliphatic carbocycles. The maximum absolute atomic E-state index is 15.5. The molecule has 3 heterocycles. The van der Waals surface area contributed by atoms with Crippen LogP contribution in [0.4, 0.5) is 0 Å². The van der Waals surface area contributed by atoms with Gasteiger partial charge in [0.25, 0.3) is 0 Å². The maximum atomic E-state index is 15.5. The SMILES string of the molecule is CC[C@@H](C)C(=O)O[C@@H]1OC[C@@]23C4C(=O)[C@H](OC(C)=O)[C@@]5(C)[C@H](c6ccoc6)C[C@H]6O[C@]65[C@]4(C)[C@H](O)C[C@H]2[C@]1(C)[C@H](OC(C)=O)[C@H](OC(C)=O)[C@@H]3O. The molecule has 2 bridgehead atoms. The molecule has 2 aliphatic heterocycles. The van der Waals surface area contributed by atoms with Gasteiger partial charge in [0.15, 0.2) is 24.1 Å². The van der Waals surface area contributed by atoms with E-state index in [0.717, 1.165) is 19.4 Å². The van der Waals surface area contributed by atoms with Gasteiger partial charge < -0.3 is 43.1 Å². The van der Waals surface area contributed by atoms with E-state index >= 15 is 4.79 Å². The molecule has 280 valence electrons. The van der Waals surface area contributed by atoms with Crippen LogP contribution in [-0.2, 0) is 52.4 Å². The van der Waals surface area contributed by atoms with E-state index in [1.54, 1.807) is 33.1 Å². The Bertz CT molecular complexity index is 1640. The number of carbonyl (C=O) groups excluding carboxylic acids is 5. The van der Waals surface area contributed by atoms with Crippen molar-refractivity contribution in [2.45, 2.75) is 129 Å². The summed E-state index contributed by atoms with van der Waals surface area (Å²) in [6.45, 7) is 11.9. The number of hydrogen-bond acceptors (Lipinski definition) is 14. The van der Waals surface area contributed by atoms with E-state index in [-0.39, 0.29) is 18.9 Å². The van der Waals surface area contributed by atoms with E-state index in [9.17, 15) is 29.4 Å². The van der Waals surface area contributed by atoms with Crippen LogP contribution in [0.5, 0.6) is 0 Å². The van der Waals surface area contributed by atoms with Crippen molar-refractivity contribution >= 4 is 29.7 Å². The van der Waals surface area contributed by atoms with Gasteiger partial charge in [0.1, 0.15) is 11.7 Å². The van der Waals surface area contributed by atoms with E-state index in [2.05, 4.69) is 0 Å². The van der Waals surface area contributed by atoms with Gasteiger partial charge in [0.05, 0.1) is 48.1 Å². The molecule has 6 fully saturated rings. The lowest BCUT2D eigenvalue weighted by Crippen LogP contribution is -2.84. The number of esters is 4. The molecule has 2 saturated heterocycles. The average molecular weight is 717 g/mol. The summed E-state index contributed by atoms with van der Waals surface area (Å²) in [5.41, 5.74) is -6.23. The number of carbonyl (C=O) groups is 5. The number of Topliss-reactive ketones (excluding diaryl/α,β-unsaturated/α-hetero) is 1. The maximum Gasteiger partial charge on any atom is 0.310 e. The minimum atomic E-state index is -1.70. The highest BCUT2D eigenvalue weighted by Crippen LogP contribution is 2.83. The molecule has 1 unspecified atom stereocenters. The fourth-order valence-corrected chi connectivity index (χ4v) is 11.9. The molecule has 6 aliphatic rings. The van der Waals surface area contributed by atoms with E-state index < -0.39 is 118 Å². The van der Waals surface area contributed by atoms with Gasteiger partial charge in [-0.25, -0.2) is 0 Å². The largest absolute Gasteiger partial charge is 0.472 e. The summed E-state index contributed by atoms with van der Waals surface area (Å²) in [7, 11) is 0. The zero-order valence-corrected chi connectivity index (χ0v) is 30.2. The quantitative estimate of drug-likeness (QED) is 0.237. The number of epoxide rings is 1. The van der Waals surface area contributed by atoms with Crippen molar-refractivity contribution in [2.75, 3.05) is 6.61 Å². The minimum Gasteiger partial charge on any atom is -0.472 e. The summed E-state index contributed by atoms with van der Waals surface area (Å²) in [4.78, 5) is 67.1. The normalized spacial score (nSPS) is 48.2. The Balaban J connectivity index is 1.45. The van der Waals surface area contributed by atoms with Crippen molar-refractivity contribution < 1.29 is 67.0 Å². The van der Waals surface area contributed by atoms with Crippen LogP contribution in [0.25, 0.3) is 0 Å². The zero-order valence-electron chi connectivity index (χ0n) is 30.2. The van der Waals surface area contributed by atoms with Gasteiger partial charge in [-0.3, -0.25) is 24.0 Å². The average Bonchev–Trinajstić information content (AvgIpc) is 3.42. The molecule has 7 rings (SSSR count). The van der Waals surface area contributed by atoms with Gasteiger partial charge in [0, 0.05) is 43.4 Å². The fraction of sp³-hybridized carbons (Fsp3) is 0.757. The number of hydrogen-bond donors (Lipinski definition) is 2. The standard InChI is InChI=1S/C37H48O14/c1-9-16(2)31(44)50-32-33(6)22-13-23(41)35(8)27(36(22,15-46-32)28(43)26(47-17(3)38)30(33)49-19(5)40)25(42)29(48-18(4)39)34(7)21(20-10-11-45-14-20)12-24-37(34,35)51-24/h10-11,14,16,21-24,26-30,32,41,43H,9,12-13,15H2,1-8H3/t16-,21+,22+,23-,24-,26-,27?,28+,29+,30-,32+,33-,34-,35-,36+,37-/m1/s1. The van der Waals surface area contributed by atoms with Gasteiger partial charge in [-0.05, 0) is 43.7 Å². The van der Waals surface area contributed by atoms with Crippen molar-refractivity contribution in [2.24, 2.45) is 39.4 Å². The van der Waals surface area contributed by atoms with Crippen LogP contribution in [-0.4, -0.2) is 95.0 Å². The number of aliphatic hydroxyl groups excluding tert-OH is 2. The second-order valence-corrected chi connectivity index (χ2v) is 16.3. The molecule has 2 N–H and O–H groups in total. The van der Waals surface area contributed by atoms with Crippen molar-refractivity contribution in [3.05, 3.63) is 24.2 Å². The summed E-state index contributed by atoms with van der Waals surface area (Å²) in [5.74, 6) is -6.50. The first-order valence-corrected chi connectivity index (χ1v) is 17.8. The third kappa shape index (κ3) is 4.33. The van der Waals surface area contributed by atoms with Gasteiger partial charge in [-0.2, -0.15) is 0 Å². The van der Waals surface area contributed by atoms with Crippen LogP contribution >= 0.6 is 0 Å². The molecule has 1 spiro atoms. The van der Waals surface area contributed by atoms with Crippen molar-refractivity contribution in [3.63, 3.8) is 0 Å². The summed E-state index contributed by atoms with van der Waals surface area (Å²) in [6, 6.07) is 1.80. The molecule has 0 aromatic carbocycles. The van der Waals surface area contributed by atoms with Crippen molar-refractivity contribution in [1.29, 1.82) is 0 Å². The number of fused-ring (bicyclic) bond motifs is 1. The van der Waals surface area contributed by atoms with E-state index in [4.69, 9.17) is 32.8 Å². The van der Waals surface area contributed by atoms with Gasteiger partial charge in [-0.15, -0.1) is 0 Å². The van der Waals surface area contributed by atoms with Gasteiger partial charge in [-0.1, -0.05) is 27.7 Å². The second kappa shape index (κ2) is 11.6. The Kier molecular flexibility index (Phi) is 8.19. The summed E-state index contributed by atoms with van der Waals surface area (Å²) >= 11 is 0. The first-order valence-electron chi connectivity index (χ1n) is 17.8. The highest BCUT2D eigenvalue weighted by Gasteiger charge is 2.93. The number of rotatable bonds is 7. The predicted molar refractivity (Wildman–Crippen MR) is 171 cm³/mol.